The molecule has 0 radical (unpaired) electrons. The maximum Gasteiger partial charge on any atom is 0.336 e. The van der Waals surface area contributed by atoms with E-state index in [1.165, 1.54) is 11.6 Å². The number of halogens is 1. The Hall–Kier alpha value is -2.31. The molecule has 3 aromatic rings. The number of thiophene rings is 1. The maximum atomic E-state index is 12.3. The van der Waals surface area contributed by atoms with Crippen molar-refractivity contribution in [2.45, 2.75) is 20.4 Å². The molecule has 0 N–H and O–H groups in total. The van der Waals surface area contributed by atoms with Gasteiger partial charge in [0.05, 0.1) is 11.6 Å². The van der Waals surface area contributed by atoms with Gasteiger partial charge in [-0.05, 0) is 42.5 Å². The van der Waals surface area contributed by atoms with Gasteiger partial charge in [0, 0.05) is 29.4 Å². The zero-order chi connectivity index (χ0) is 18.8. The fourth-order valence-electron chi connectivity index (χ4n) is 2.55. The molecule has 0 aliphatic heterocycles. The molecule has 0 fully saturated rings. The summed E-state index contributed by atoms with van der Waals surface area (Å²) in [6.07, 6.45) is 0. The Bertz CT molecular complexity index is 1020. The van der Waals surface area contributed by atoms with Gasteiger partial charge < -0.3 is 14.1 Å². The van der Waals surface area contributed by atoms with Crippen molar-refractivity contribution in [1.82, 2.24) is 4.90 Å². The van der Waals surface area contributed by atoms with Gasteiger partial charge in [-0.2, -0.15) is 0 Å². The summed E-state index contributed by atoms with van der Waals surface area (Å²) in [5, 5.41) is 3.10. The highest BCUT2D eigenvalue weighted by molar-refractivity contribution is 7.10. The van der Waals surface area contributed by atoms with Crippen LogP contribution in [0.4, 0.5) is 0 Å². The van der Waals surface area contributed by atoms with E-state index in [9.17, 15) is 9.59 Å². The molecule has 1 amide bonds. The van der Waals surface area contributed by atoms with Crippen molar-refractivity contribution < 1.29 is 13.9 Å². The average molecular weight is 392 g/mol. The molecule has 0 unspecified atom stereocenters. The number of benzene rings is 1. The molecule has 0 aliphatic rings. The summed E-state index contributed by atoms with van der Waals surface area (Å²) < 4.78 is 10.8. The number of aryl methyl sites for hydroxylation is 2. The van der Waals surface area contributed by atoms with E-state index in [0.29, 0.717) is 22.9 Å². The van der Waals surface area contributed by atoms with Crippen LogP contribution in [0.2, 0.25) is 5.02 Å². The molecular formula is C19H18ClNO4S. The number of likely N-dealkylation sites (N-methyl/N-ethyl adjacent to an activating group) is 1. The second-order valence-corrected chi connectivity index (χ2v) is 7.50. The highest BCUT2D eigenvalue weighted by Crippen LogP contribution is 2.31. The lowest BCUT2D eigenvalue weighted by Gasteiger charge is -2.17. The van der Waals surface area contributed by atoms with Crippen molar-refractivity contribution in [3.63, 3.8) is 0 Å². The first kappa shape index (κ1) is 18.5. The Balaban J connectivity index is 1.72. The van der Waals surface area contributed by atoms with E-state index in [4.69, 9.17) is 20.8 Å². The second-order valence-electron chi connectivity index (χ2n) is 6.09. The number of ether oxygens (including phenoxy) is 1. The number of amides is 1. The lowest BCUT2D eigenvalue weighted by Crippen LogP contribution is -2.30. The normalized spacial score (nSPS) is 10.9. The standard InChI is InChI=1S/C19H18ClNO4S/c1-11-4-5-26-17(11)9-21(3)18(22)10-24-16-8-15-13(7-14(16)20)12(2)6-19(23)25-15/h4-8H,9-10H2,1-3H3. The molecule has 0 bridgehead atoms. The molecule has 7 heteroatoms. The van der Waals surface area contributed by atoms with Crippen molar-refractivity contribution in [2.75, 3.05) is 13.7 Å². The summed E-state index contributed by atoms with van der Waals surface area (Å²) >= 11 is 7.86. The van der Waals surface area contributed by atoms with E-state index in [1.54, 1.807) is 42.3 Å². The Morgan fingerprint density at radius 1 is 1.27 bits per heavy atom. The van der Waals surface area contributed by atoms with E-state index in [-0.39, 0.29) is 12.5 Å². The topological polar surface area (TPSA) is 59.8 Å². The highest BCUT2D eigenvalue weighted by Gasteiger charge is 2.14. The van der Waals surface area contributed by atoms with Gasteiger partial charge in [-0.1, -0.05) is 11.6 Å². The van der Waals surface area contributed by atoms with Crippen LogP contribution < -0.4 is 10.4 Å². The summed E-state index contributed by atoms with van der Waals surface area (Å²) in [5.41, 5.74) is 1.88. The molecule has 2 aromatic heterocycles. The minimum atomic E-state index is -0.439. The number of carbonyl (C=O) groups excluding carboxylic acids is 1. The minimum absolute atomic E-state index is 0.151. The predicted molar refractivity (Wildman–Crippen MR) is 103 cm³/mol. The van der Waals surface area contributed by atoms with Crippen LogP contribution in [0.15, 0.2) is 38.9 Å². The van der Waals surface area contributed by atoms with Crippen molar-refractivity contribution in [2.24, 2.45) is 0 Å². The van der Waals surface area contributed by atoms with Crippen molar-refractivity contribution >= 4 is 39.8 Å². The van der Waals surface area contributed by atoms with Crippen LogP contribution in [0.5, 0.6) is 5.75 Å². The van der Waals surface area contributed by atoms with Gasteiger partial charge in [0.25, 0.3) is 5.91 Å². The van der Waals surface area contributed by atoms with Crippen LogP contribution in [0.1, 0.15) is 16.0 Å². The third-order valence-electron chi connectivity index (χ3n) is 4.13. The van der Waals surface area contributed by atoms with Crippen molar-refractivity contribution in [1.29, 1.82) is 0 Å². The lowest BCUT2D eigenvalue weighted by molar-refractivity contribution is -0.132. The number of hydrogen-bond acceptors (Lipinski definition) is 5. The Morgan fingerprint density at radius 2 is 2.04 bits per heavy atom. The zero-order valence-corrected chi connectivity index (χ0v) is 16.2. The molecule has 0 atom stereocenters. The number of rotatable bonds is 5. The number of hydrogen-bond donors (Lipinski definition) is 0. The molecule has 136 valence electrons. The number of nitrogens with zero attached hydrogens (tertiary/aromatic N) is 1. The van der Waals surface area contributed by atoms with E-state index in [0.717, 1.165) is 15.8 Å². The molecule has 5 nitrogen and oxygen atoms in total. The quantitative estimate of drug-likeness (QED) is 0.612. The summed E-state index contributed by atoms with van der Waals surface area (Å²) in [6.45, 7) is 4.21. The lowest BCUT2D eigenvalue weighted by atomic mass is 10.1. The molecule has 0 saturated heterocycles. The fourth-order valence-corrected chi connectivity index (χ4v) is 3.73. The zero-order valence-electron chi connectivity index (χ0n) is 14.7. The summed E-state index contributed by atoms with van der Waals surface area (Å²) in [4.78, 5) is 26.6. The molecule has 1 aromatic carbocycles. The largest absolute Gasteiger partial charge is 0.482 e. The van der Waals surface area contributed by atoms with Crippen LogP contribution in [0, 0.1) is 13.8 Å². The van der Waals surface area contributed by atoms with E-state index in [1.807, 2.05) is 18.4 Å². The molecular weight excluding hydrogens is 374 g/mol. The van der Waals surface area contributed by atoms with Gasteiger partial charge in [0.15, 0.2) is 6.61 Å². The number of carbonyl (C=O) groups is 1. The van der Waals surface area contributed by atoms with Crippen LogP contribution in [0.25, 0.3) is 11.0 Å². The Morgan fingerprint density at radius 3 is 2.73 bits per heavy atom. The monoisotopic (exact) mass is 391 g/mol. The SMILES string of the molecule is Cc1ccsc1CN(C)C(=O)COc1cc2oc(=O)cc(C)c2cc1Cl. The second kappa shape index (κ2) is 7.51. The van der Waals surface area contributed by atoms with Gasteiger partial charge in [0.1, 0.15) is 11.3 Å². The van der Waals surface area contributed by atoms with E-state index in [2.05, 4.69) is 0 Å². The third kappa shape index (κ3) is 3.92. The molecule has 0 aliphatic carbocycles. The van der Waals surface area contributed by atoms with Gasteiger partial charge >= 0.3 is 5.63 Å². The Labute approximate surface area is 159 Å². The van der Waals surface area contributed by atoms with Crippen LogP contribution in [-0.4, -0.2) is 24.5 Å². The highest BCUT2D eigenvalue weighted by atomic mass is 35.5. The predicted octanol–water partition coefficient (Wildman–Crippen LogP) is 4.16. The number of fused-ring (bicyclic) bond motifs is 1. The van der Waals surface area contributed by atoms with E-state index >= 15 is 0 Å². The Kier molecular flexibility index (Phi) is 5.34. The first-order valence-electron chi connectivity index (χ1n) is 7.99. The van der Waals surface area contributed by atoms with Crippen LogP contribution >= 0.6 is 22.9 Å². The van der Waals surface area contributed by atoms with Crippen molar-refractivity contribution in [3.05, 3.63) is 61.1 Å². The van der Waals surface area contributed by atoms with Gasteiger partial charge in [-0.25, -0.2) is 4.79 Å². The average Bonchev–Trinajstić information content (AvgIpc) is 2.98. The molecule has 0 saturated carbocycles. The first-order valence-corrected chi connectivity index (χ1v) is 9.24. The molecule has 26 heavy (non-hydrogen) atoms. The fraction of sp³-hybridized carbons (Fsp3) is 0.263. The smallest absolute Gasteiger partial charge is 0.336 e. The summed E-state index contributed by atoms with van der Waals surface area (Å²) in [7, 11) is 1.73. The van der Waals surface area contributed by atoms with Gasteiger partial charge in [0.2, 0.25) is 0 Å². The summed E-state index contributed by atoms with van der Waals surface area (Å²) in [6, 6.07) is 6.65. The van der Waals surface area contributed by atoms with Crippen LogP contribution in [0.3, 0.4) is 0 Å². The van der Waals surface area contributed by atoms with Crippen molar-refractivity contribution in [3.8, 4) is 5.75 Å². The minimum Gasteiger partial charge on any atom is -0.482 e. The molecule has 2 heterocycles. The maximum absolute atomic E-state index is 12.3. The van der Waals surface area contributed by atoms with Gasteiger partial charge in [-0.15, -0.1) is 11.3 Å². The van der Waals surface area contributed by atoms with Crippen LogP contribution in [-0.2, 0) is 11.3 Å². The molecule has 3 rings (SSSR count). The van der Waals surface area contributed by atoms with E-state index < -0.39 is 5.63 Å². The summed E-state index contributed by atoms with van der Waals surface area (Å²) in [5.74, 6) is 0.140. The molecule has 0 spiro atoms. The van der Waals surface area contributed by atoms with Gasteiger partial charge in [-0.3, -0.25) is 4.79 Å². The first-order chi connectivity index (χ1) is 12.3. The third-order valence-corrected chi connectivity index (χ3v) is 5.43.